The van der Waals surface area contributed by atoms with Crippen LogP contribution in [0.1, 0.15) is 91.9 Å². The summed E-state index contributed by atoms with van der Waals surface area (Å²) in [5.74, 6) is 4.93. The van der Waals surface area contributed by atoms with Gasteiger partial charge in [-0.3, -0.25) is 0 Å². The van der Waals surface area contributed by atoms with Crippen molar-refractivity contribution in [1.82, 2.24) is 0 Å². The zero-order valence-corrected chi connectivity index (χ0v) is 19.7. The quantitative estimate of drug-likeness (QED) is 0.543. The molecule has 4 aliphatic carbocycles. The molecule has 3 heteroatoms. The summed E-state index contributed by atoms with van der Waals surface area (Å²) in [7, 11) is 0. The SMILES string of the molecule is C[C@@H]1CC[C@@]2(OC1)O[C@H]1C[C@H]3[C@@H]4CC[C@H]5C[C@@H](O)CC[C@]5(C)[C@@H]4CC[C@]3(C)C1[C@H]2C. The van der Waals surface area contributed by atoms with E-state index in [4.69, 9.17) is 9.47 Å². The molecule has 6 rings (SSSR count). The molecule has 1 unspecified atom stereocenters. The summed E-state index contributed by atoms with van der Waals surface area (Å²) >= 11 is 0. The molecule has 0 aromatic rings. The Balaban J connectivity index is 1.26. The van der Waals surface area contributed by atoms with Gasteiger partial charge in [-0.2, -0.15) is 0 Å². The molecule has 12 atom stereocenters. The highest BCUT2D eigenvalue weighted by Crippen LogP contribution is 2.71. The molecule has 6 fully saturated rings. The minimum Gasteiger partial charge on any atom is -0.393 e. The molecular formula is C27H44O3. The fourth-order valence-corrected chi connectivity index (χ4v) is 10.3. The second-order valence-electron chi connectivity index (χ2n) is 13.1. The van der Waals surface area contributed by atoms with Gasteiger partial charge in [0.1, 0.15) is 0 Å². The predicted octanol–water partition coefficient (Wildman–Crippen LogP) is 5.79. The lowest BCUT2D eigenvalue weighted by Gasteiger charge is -2.61. The van der Waals surface area contributed by atoms with E-state index in [-0.39, 0.29) is 11.9 Å². The van der Waals surface area contributed by atoms with Crippen molar-refractivity contribution >= 4 is 0 Å². The molecule has 0 radical (unpaired) electrons. The Kier molecular flexibility index (Phi) is 4.58. The summed E-state index contributed by atoms with van der Waals surface area (Å²) in [5, 5.41) is 10.3. The first-order valence-electron chi connectivity index (χ1n) is 13.3. The van der Waals surface area contributed by atoms with E-state index in [0.717, 1.165) is 49.5 Å². The lowest BCUT2D eigenvalue weighted by molar-refractivity contribution is -0.273. The maximum atomic E-state index is 10.3. The first-order valence-corrected chi connectivity index (χ1v) is 13.3. The zero-order chi connectivity index (χ0) is 20.9. The predicted molar refractivity (Wildman–Crippen MR) is 118 cm³/mol. The van der Waals surface area contributed by atoms with E-state index in [1.54, 1.807) is 0 Å². The van der Waals surface area contributed by atoms with Gasteiger partial charge in [-0.1, -0.05) is 27.7 Å². The standard InChI is InChI=1S/C27H44O3/c1-16-7-12-27(29-15-16)17(2)24-23(30-27)14-22-20-6-5-18-13-19(28)8-10-25(18,3)21(20)9-11-26(22,24)4/h16-24,28H,5-15H2,1-4H3/t16-,17-,18+,19+,20-,21-,22+,23+,24?,25+,26+,27-/m1/s1. The van der Waals surface area contributed by atoms with Crippen LogP contribution in [0.3, 0.4) is 0 Å². The number of hydrogen-bond donors (Lipinski definition) is 1. The molecule has 1 spiro atoms. The minimum atomic E-state index is -0.282. The van der Waals surface area contributed by atoms with Crippen LogP contribution in [0.15, 0.2) is 0 Å². The molecule has 4 saturated carbocycles. The van der Waals surface area contributed by atoms with Gasteiger partial charge in [-0.05, 0) is 104 Å². The Morgan fingerprint density at radius 1 is 0.833 bits per heavy atom. The minimum absolute atomic E-state index is 0.0389. The molecule has 2 saturated heterocycles. The number of ether oxygens (including phenoxy) is 2. The highest BCUT2D eigenvalue weighted by Gasteiger charge is 2.69. The average Bonchev–Trinajstić information content (AvgIpc) is 3.16. The molecule has 2 heterocycles. The molecule has 0 aromatic carbocycles. The highest BCUT2D eigenvalue weighted by atomic mass is 16.7. The van der Waals surface area contributed by atoms with E-state index < -0.39 is 0 Å². The van der Waals surface area contributed by atoms with Crippen molar-refractivity contribution in [3.8, 4) is 0 Å². The highest BCUT2D eigenvalue weighted by molar-refractivity contribution is 5.15. The van der Waals surface area contributed by atoms with Gasteiger partial charge >= 0.3 is 0 Å². The summed E-state index contributed by atoms with van der Waals surface area (Å²) < 4.78 is 13.4. The maximum absolute atomic E-state index is 10.3. The van der Waals surface area contributed by atoms with Crippen molar-refractivity contribution in [2.75, 3.05) is 6.61 Å². The number of fused-ring (bicyclic) bond motifs is 7. The van der Waals surface area contributed by atoms with Crippen molar-refractivity contribution < 1.29 is 14.6 Å². The second kappa shape index (κ2) is 6.70. The van der Waals surface area contributed by atoms with Gasteiger partial charge in [0.2, 0.25) is 0 Å². The van der Waals surface area contributed by atoms with Gasteiger partial charge in [0.05, 0.1) is 18.8 Å². The van der Waals surface area contributed by atoms with Gasteiger partial charge in [0.25, 0.3) is 0 Å². The normalized spacial score (nSPS) is 62.5. The summed E-state index contributed by atoms with van der Waals surface area (Å²) in [6.07, 6.45) is 12.9. The molecule has 0 bridgehead atoms. The largest absolute Gasteiger partial charge is 0.393 e. The third-order valence-corrected chi connectivity index (χ3v) is 11.9. The van der Waals surface area contributed by atoms with E-state index >= 15 is 0 Å². The van der Waals surface area contributed by atoms with Crippen molar-refractivity contribution in [1.29, 1.82) is 0 Å². The first kappa shape index (κ1) is 20.5. The zero-order valence-electron chi connectivity index (χ0n) is 19.7. The summed E-state index contributed by atoms with van der Waals surface area (Å²) in [6.45, 7) is 10.9. The van der Waals surface area contributed by atoms with Crippen molar-refractivity contribution in [2.24, 2.45) is 52.3 Å². The van der Waals surface area contributed by atoms with Crippen LogP contribution in [-0.4, -0.2) is 29.7 Å². The molecule has 6 aliphatic rings. The second-order valence-corrected chi connectivity index (χ2v) is 13.1. The van der Waals surface area contributed by atoms with Crippen LogP contribution in [0.4, 0.5) is 0 Å². The summed E-state index contributed by atoms with van der Waals surface area (Å²) in [5.41, 5.74) is 0.899. The van der Waals surface area contributed by atoms with E-state index in [9.17, 15) is 5.11 Å². The first-order chi connectivity index (χ1) is 14.3. The third-order valence-electron chi connectivity index (χ3n) is 11.9. The van der Waals surface area contributed by atoms with Gasteiger partial charge in [-0.15, -0.1) is 0 Å². The molecule has 2 aliphatic heterocycles. The Morgan fingerprint density at radius 3 is 2.40 bits per heavy atom. The Morgan fingerprint density at radius 2 is 1.63 bits per heavy atom. The molecule has 0 aromatic heterocycles. The van der Waals surface area contributed by atoms with Crippen LogP contribution in [0.2, 0.25) is 0 Å². The summed E-state index contributed by atoms with van der Waals surface area (Å²) in [6, 6.07) is 0. The number of aliphatic hydroxyl groups excluding tert-OH is 1. The molecule has 170 valence electrons. The van der Waals surface area contributed by atoms with Gasteiger partial charge in [-0.25, -0.2) is 0 Å². The topological polar surface area (TPSA) is 38.7 Å². The van der Waals surface area contributed by atoms with Crippen LogP contribution in [-0.2, 0) is 9.47 Å². The van der Waals surface area contributed by atoms with Gasteiger partial charge in [0, 0.05) is 12.3 Å². The van der Waals surface area contributed by atoms with E-state index in [2.05, 4.69) is 27.7 Å². The average molecular weight is 417 g/mol. The lowest BCUT2D eigenvalue weighted by atomic mass is 9.44. The van der Waals surface area contributed by atoms with E-state index in [0.29, 0.717) is 34.7 Å². The molecule has 1 N–H and O–H groups in total. The van der Waals surface area contributed by atoms with Crippen molar-refractivity contribution in [2.45, 2.75) is 110 Å². The number of hydrogen-bond acceptors (Lipinski definition) is 3. The number of rotatable bonds is 0. The summed E-state index contributed by atoms with van der Waals surface area (Å²) in [4.78, 5) is 0. The smallest absolute Gasteiger partial charge is 0.171 e. The number of aliphatic hydroxyl groups is 1. The van der Waals surface area contributed by atoms with E-state index in [1.807, 2.05) is 0 Å². The van der Waals surface area contributed by atoms with Gasteiger partial charge in [0.15, 0.2) is 5.79 Å². The molecular weight excluding hydrogens is 372 g/mol. The third kappa shape index (κ3) is 2.61. The van der Waals surface area contributed by atoms with Crippen molar-refractivity contribution in [3.63, 3.8) is 0 Å². The van der Waals surface area contributed by atoms with Crippen LogP contribution < -0.4 is 0 Å². The Hall–Kier alpha value is -0.120. The molecule has 0 amide bonds. The molecule has 30 heavy (non-hydrogen) atoms. The maximum Gasteiger partial charge on any atom is 0.171 e. The lowest BCUT2D eigenvalue weighted by Crippen LogP contribution is -2.55. The van der Waals surface area contributed by atoms with E-state index in [1.165, 1.54) is 44.9 Å². The van der Waals surface area contributed by atoms with Crippen LogP contribution in [0, 0.1) is 52.3 Å². The Labute approximate surface area is 183 Å². The Bertz CT molecular complexity index is 684. The van der Waals surface area contributed by atoms with Crippen molar-refractivity contribution in [3.05, 3.63) is 0 Å². The molecule has 3 nitrogen and oxygen atoms in total. The van der Waals surface area contributed by atoms with Crippen LogP contribution in [0.5, 0.6) is 0 Å². The monoisotopic (exact) mass is 416 g/mol. The fourth-order valence-electron chi connectivity index (χ4n) is 10.3. The van der Waals surface area contributed by atoms with Crippen LogP contribution >= 0.6 is 0 Å². The fraction of sp³-hybridized carbons (Fsp3) is 1.00. The van der Waals surface area contributed by atoms with Gasteiger partial charge < -0.3 is 14.6 Å². The van der Waals surface area contributed by atoms with Crippen LogP contribution in [0.25, 0.3) is 0 Å².